The Labute approximate surface area is 251 Å². The Kier molecular flexibility index (Phi) is 12.1. The van der Waals surface area contributed by atoms with Crippen molar-refractivity contribution in [1.82, 2.24) is 5.32 Å². The number of rotatable bonds is 17. The van der Waals surface area contributed by atoms with E-state index in [1.54, 1.807) is 18.2 Å². The maximum absolute atomic E-state index is 12.8. The van der Waals surface area contributed by atoms with Gasteiger partial charge in [0.25, 0.3) is 5.91 Å². The number of esters is 2. The van der Waals surface area contributed by atoms with E-state index in [4.69, 9.17) is 24.7 Å². The minimum Gasteiger partial charge on any atom is -0.469 e. The number of amides is 1. The molecule has 0 bridgehead atoms. The molecule has 0 aliphatic heterocycles. The van der Waals surface area contributed by atoms with Crippen LogP contribution < -0.4 is 11.1 Å². The van der Waals surface area contributed by atoms with Gasteiger partial charge in [0.05, 0.1) is 59.6 Å². The first-order valence-corrected chi connectivity index (χ1v) is 14.3. The molecule has 3 aromatic carbocycles. The van der Waals surface area contributed by atoms with Gasteiger partial charge in [0.1, 0.15) is 6.61 Å². The van der Waals surface area contributed by atoms with E-state index in [1.165, 1.54) is 7.11 Å². The summed E-state index contributed by atoms with van der Waals surface area (Å²) in [5.74, 6) is -1.04. The molecule has 0 spiro atoms. The smallest absolute Gasteiger partial charge is 0.310 e. The summed E-state index contributed by atoms with van der Waals surface area (Å²) < 4.78 is 26.4. The van der Waals surface area contributed by atoms with Crippen molar-refractivity contribution in [1.29, 1.82) is 0 Å². The number of anilines is 1. The highest BCUT2D eigenvalue weighted by Gasteiger charge is 2.29. The zero-order valence-corrected chi connectivity index (χ0v) is 24.3. The second-order valence-corrected chi connectivity index (χ2v) is 9.92. The molecule has 4 rings (SSSR count). The molecular formula is C33H38N2O8. The number of methoxy groups -OCH3 is 1. The summed E-state index contributed by atoms with van der Waals surface area (Å²) in [5.41, 5.74) is 12.1. The summed E-state index contributed by atoms with van der Waals surface area (Å²) in [6.07, 6.45) is 0.171. The summed E-state index contributed by atoms with van der Waals surface area (Å²) in [4.78, 5) is 36.5. The van der Waals surface area contributed by atoms with Crippen LogP contribution in [0.1, 0.15) is 39.4 Å². The Balaban J connectivity index is 1.15. The normalized spacial score (nSPS) is 11.9. The van der Waals surface area contributed by atoms with Crippen LogP contribution in [0.15, 0.2) is 66.7 Å². The van der Waals surface area contributed by atoms with Crippen LogP contribution >= 0.6 is 0 Å². The lowest BCUT2D eigenvalue weighted by molar-refractivity contribution is -0.143. The van der Waals surface area contributed by atoms with Gasteiger partial charge >= 0.3 is 11.9 Å². The van der Waals surface area contributed by atoms with Crippen molar-refractivity contribution in [2.45, 2.75) is 18.8 Å². The Morgan fingerprint density at radius 1 is 0.767 bits per heavy atom. The lowest BCUT2D eigenvalue weighted by Crippen LogP contribution is -2.28. The molecule has 0 atom stereocenters. The highest BCUT2D eigenvalue weighted by Crippen LogP contribution is 2.44. The van der Waals surface area contributed by atoms with Crippen LogP contribution in [0.4, 0.5) is 5.69 Å². The molecule has 3 N–H and O–H groups in total. The van der Waals surface area contributed by atoms with Crippen molar-refractivity contribution < 1.29 is 38.1 Å². The summed E-state index contributed by atoms with van der Waals surface area (Å²) in [6, 6.07) is 21.2. The molecule has 0 aromatic heterocycles. The number of nitrogens with one attached hydrogen (secondary N) is 1. The largest absolute Gasteiger partial charge is 0.469 e. The summed E-state index contributed by atoms with van der Waals surface area (Å²) >= 11 is 0. The molecule has 0 saturated carbocycles. The highest BCUT2D eigenvalue weighted by atomic mass is 16.5. The Bertz CT molecular complexity index is 1350. The van der Waals surface area contributed by atoms with Crippen molar-refractivity contribution in [2.24, 2.45) is 0 Å². The minimum atomic E-state index is -0.408. The summed E-state index contributed by atoms with van der Waals surface area (Å²) in [7, 11) is 1.34. The fourth-order valence-corrected chi connectivity index (χ4v) is 4.86. The number of fused-ring (bicyclic) bond motifs is 3. The number of carbonyl (C=O) groups is 3. The molecule has 0 saturated heterocycles. The first-order valence-electron chi connectivity index (χ1n) is 14.3. The lowest BCUT2D eigenvalue weighted by atomic mass is 9.98. The fraction of sp³-hybridized carbons (Fsp3) is 0.364. The van der Waals surface area contributed by atoms with Gasteiger partial charge in [0.15, 0.2) is 0 Å². The Morgan fingerprint density at radius 3 is 2.02 bits per heavy atom. The molecular weight excluding hydrogens is 552 g/mol. The van der Waals surface area contributed by atoms with Crippen molar-refractivity contribution in [3.8, 4) is 11.1 Å². The Hall–Kier alpha value is -4.25. The van der Waals surface area contributed by atoms with Gasteiger partial charge in [-0.1, -0.05) is 48.5 Å². The zero-order chi connectivity index (χ0) is 30.4. The number of nitrogen functional groups attached to an aromatic ring is 1. The Morgan fingerprint density at radius 2 is 1.37 bits per heavy atom. The van der Waals surface area contributed by atoms with Crippen LogP contribution in [0.25, 0.3) is 11.1 Å². The molecule has 1 aliphatic carbocycles. The third-order valence-corrected chi connectivity index (χ3v) is 7.07. The minimum absolute atomic E-state index is 0.0297. The van der Waals surface area contributed by atoms with Gasteiger partial charge in [0, 0.05) is 23.7 Å². The predicted octanol–water partition coefficient (Wildman–Crippen LogP) is 3.51. The van der Waals surface area contributed by atoms with Gasteiger partial charge < -0.3 is 34.7 Å². The molecule has 0 unspecified atom stereocenters. The first kappa shape index (κ1) is 31.7. The molecule has 1 aliphatic rings. The van der Waals surface area contributed by atoms with E-state index in [2.05, 4.69) is 34.3 Å². The number of hydrogen-bond donors (Lipinski definition) is 2. The number of ether oxygens (including phenoxy) is 5. The molecule has 3 aromatic rings. The average Bonchev–Trinajstić information content (AvgIpc) is 3.34. The number of hydrogen-bond acceptors (Lipinski definition) is 9. The molecule has 43 heavy (non-hydrogen) atoms. The van der Waals surface area contributed by atoms with Crippen LogP contribution in [0.5, 0.6) is 0 Å². The SMILES string of the molecule is COC(=O)CCOCCOCCOCCNC(=O)c1ccc(N)c(CC(=O)OCC2c3ccccc3-c3ccccc32)c1. The van der Waals surface area contributed by atoms with Crippen molar-refractivity contribution >= 4 is 23.5 Å². The fourth-order valence-electron chi connectivity index (χ4n) is 4.86. The number of benzene rings is 3. The van der Waals surface area contributed by atoms with Crippen LogP contribution in [0.2, 0.25) is 0 Å². The van der Waals surface area contributed by atoms with E-state index in [-0.39, 0.29) is 43.8 Å². The van der Waals surface area contributed by atoms with Gasteiger partial charge in [-0.05, 0) is 46.0 Å². The molecule has 1 amide bonds. The second kappa shape index (κ2) is 16.4. The van der Waals surface area contributed by atoms with Gasteiger partial charge in [-0.15, -0.1) is 0 Å². The first-order chi connectivity index (χ1) is 21.0. The third kappa shape index (κ3) is 9.12. The van der Waals surface area contributed by atoms with E-state index >= 15 is 0 Å². The van der Waals surface area contributed by atoms with E-state index in [9.17, 15) is 14.4 Å². The maximum atomic E-state index is 12.8. The monoisotopic (exact) mass is 590 g/mol. The van der Waals surface area contributed by atoms with Crippen LogP contribution in [-0.2, 0) is 39.7 Å². The molecule has 228 valence electrons. The van der Waals surface area contributed by atoms with Gasteiger partial charge in [-0.3, -0.25) is 14.4 Å². The van der Waals surface area contributed by atoms with Crippen LogP contribution in [-0.4, -0.2) is 77.7 Å². The van der Waals surface area contributed by atoms with E-state index in [0.29, 0.717) is 56.4 Å². The zero-order valence-electron chi connectivity index (χ0n) is 24.3. The number of carbonyl (C=O) groups excluding carboxylic acids is 3. The van der Waals surface area contributed by atoms with Crippen LogP contribution in [0, 0.1) is 0 Å². The molecule has 0 fully saturated rings. The second-order valence-electron chi connectivity index (χ2n) is 9.92. The van der Waals surface area contributed by atoms with Crippen LogP contribution in [0.3, 0.4) is 0 Å². The number of nitrogens with two attached hydrogens (primary N) is 1. The van der Waals surface area contributed by atoms with Gasteiger partial charge in [-0.25, -0.2) is 0 Å². The maximum Gasteiger partial charge on any atom is 0.310 e. The molecule has 0 radical (unpaired) electrons. The predicted molar refractivity (Wildman–Crippen MR) is 161 cm³/mol. The van der Waals surface area contributed by atoms with Gasteiger partial charge in [0.2, 0.25) is 0 Å². The average molecular weight is 591 g/mol. The van der Waals surface area contributed by atoms with E-state index < -0.39 is 5.97 Å². The van der Waals surface area contributed by atoms with Crippen molar-refractivity contribution in [2.75, 3.05) is 65.6 Å². The highest BCUT2D eigenvalue weighted by molar-refractivity contribution is 5.95. The molecule has 0 heterocycles. The third-order valence-electron chi connectivity index (χ3n) is 7.07. The van der Waals surface area contributed by atoms with E-state index in [0.717, 1.165) is 22.3 Å². The summed E-state index contributed by atoms with van der Waals surface area (Å²) in [6.45, 7) is 2.64. The standard InChI is InChI=1S/C33H38N2O8/c1-39-31(36)12-14-40-16-18-42-19-17-41-15-13-35-33(38)23-10-11-30(34)24(20-23)21-32(37)43-22-29-27-8-4-2-6-25(27)26-7-3-5-9-28(26)29/h2-11,20,29H,12-19,21-22,34H2,1H3,(H,35,38). The van der Waals surface area contributed by atoms with E-state index in [1.807, 2.05) is 24.3 Å². The molecule has 10 nitrogen and oxygen atoms in total. The molecule has 10 heteroatoms. The quantitative estimate of drug-likeness (QED) is 0.138. The summed E-state index contributed by atoms with van der Waals surface area (Å²) in [5, 5.41) is 2.80. The van der Waals surface area contributed by atoms with Gasteiger partial charge in [-0.2, -0.15) is 0 Å². The van der Waals surface area contributed by atoms with Crippen molar-refractivity contribution in [3.63, 3.8) is 0 Å². The topological polar surface area (TPSA) is 135 Å². The van der Waals surface area contributed by atoms with Crippen molar-refractivity contribution in [3.05, 3.63) is 89.0 Å². The lowest BCUT2D eigenvalue weighted by Gasteiger charge is -2.15.